The first-order valence-electron chi connectivity index (χ1n) is 14.7. The quantitative estimate of drug-likeness (QED) is 0.395. The first-order valence-corrected chi connectivity index (χ1v) is 14.7. The van der Waals surface area contributed by atoms with E-state index in [1.54, 1.807) is 35.2 Å². The number of morpholine rings is 2. The Bertz CT molecular complexity index is 1440. The lowest BCUT2D eigenvalue weighted by Crippen LogP contribution is -2.41. The van der Waals surface area contributed by atoms with Crippen molar-refractivity contribution in [3.8, 4) is 11.7 Å². The smallest absolute Gasteiger partial charge is 0.296 e. The van der Waals surface area contributed by atoms with Gasteiger partial charge < -0.3 is 29.3 Å². The zero-order chi connectivity index (χ0) is 29.8. The van der Waals surface area contributed by atoms with Crippen molar-refractivity contribution in [2.24, 2.45) is 0 Å². The molecule has 6 rings (SSSR count). The van der Waals surface area contributed by atoms with Gasteiger partial charge in [-0.3, -0.25) is 14.2 Å². The third kappa shape index (κ3) is 6.85. The Morgan fingerprint density at radius 2 is 1.72 bits per heavy atom. The fourth-order valence-corrected chi connectivity index (χ4v) is 5.75. The lowest BCUT2D eigenvalue weighted by molar-refractivity contribution is -0.137. The molecular formula is C29H35F2N7O5. The van der Waals surface area contributed by atoms with Crippen LogP contribution in [0.1, 0.15) is 44.4 Å². The molecule has 2 aromatic heterocycles. The number of alkyl halides is 2. The summed E-state index contributed by atoms with van der Waals surface area (Å²) in [6.07, 6.45) is -0.815. The third-order valence-electron chi connectivity index (χ3n) is 7.95. The van der Waals surface area contributed by atoms with E-state index in [1.165, 1.54) is 4.57 Å². The van der Waals surface area contributed by atoms with Crippen molar-refractivity contribution in [1.82, 2.24) is 29.7 Å². The molecule has 3 aliphatic rings. The van der Waals surface area contributed by atoms with Gasteiger partial charge in [0.15, 0.2) is 5.82 Å². The molecule has 1 saturated carbocycles. The minimum Gasteiger partial charge on any atom is -0.474 e. The topological polar surface area (TPSA) is 124 Å². The standard InChI is InChI=1S/C29H35F2N7O5/c30-27(31)28-33-21-3-1-2-4-22(21)38(28)23-18-25(35-29(34-23)37-11-15-42-16-12-37)43-20-6-5-19(17-20)32-24(39)7-8-26(40)36-9-13-41-14-10-36/h1-4,18-20,27H,5-17H2,(H,32,39)/t19-,20-/m0/s1. The van der Waals surface area contributed by atoms with Crippen molar-refractivity contribution in [2.75, 3.05) is 57.5 Å². The van der Waals surface area contributed by atoms with Crippen LogP contribution in [0.4, 0.5) is 14.7 Å². The van der Waals surface area contributed by atoms with E-state index in [0.29, 0.717) is 88.9 Å². The number of amides is 2. The number of hydrogen-bond acceptors (Lipinski definition) is 9. The number of ether oxygens (including phenoxy) is 3. The summed E-state index contributed by atoms with van der Waals surface area (Å²) in [5, 5.41) is 3.02. The van der Waals surface area contributed by atoms with E-state index in [2.05, 4.69) is 20.3 Å². The van der Waals surface area contributed by atoms with Gasteiger partial charge in [-0.25, -0.2) is 13.8 Å². The number of nitrogens with zero attached hydrogens (tertiary/aromatic N) is 6. The normalized spacial score (nSPS) is 21.0. The van der Waals surface area contributed by atoms with Crippen LogP contribution in [0.25, 0.3) is 16.9 Å². The second-order valence-electron chi connectivity index (χ2n) is 10.9. The number of halogens is 2. The molecule has 2 aliphatic heterocycles. The maximum atomic E-state index is 14.1. The maximum Gasteiger partial charge on any atom is 0.296 e. The predicted octanol–water partition coefficient (Wildman–Crippen LogP) is 2.64. The average Bonchev–Trinajstić information content (AvgIpc) is 3.65. The Morgan fingerprint density at radius 1 is 0.977 bits per heavy atom. The summed E-state index contributed by atoms with van der Waals surface area (Å²) in [6.45, 7) is 4.28. The van der Waals surface area contributed by atoms with Crippen LogP contribution >= 0.6 is 0 Å². The van der Waals surface area contributed by atoms with Crippen LogP contribution in [-0.2, 0) is 19.1 Å². The molecule has 2 amide bonds. The van der Waals surface area contributed by atoms with Gasteiger partial charge in [0.25, 0.3) is 6.43 Å². The van der Waals surface area contributed by atoms with Gasteiger partial charge in [0, 0.05) is 57.5 Å². The van der Waals surface area contributed by atoms with Crippen molar-refractivity contribution in [1.29, 1.82) is 0 Å². The number of fused-ring (bicyclic) bond motifs is 1. The third-order valence-corrected chi connectivity index (χ3v) is 7.95. The lowest BCUT2D eigenvalue weighted by Gasteiger charge is -2.27. The summed E-state index contributed by atoms with van der Waals surface area (Å²) in [4.78, 5) is 42.1. The molecule has 12 nitrogen and oxygen atoms in total. The molecule has 0 spiro atoms. The van der Waals surface area contributed by atoms with Crippen LogP contribution in [0, 0.1) is 0 Å². The van der Waals surface area contributed by atoms with Crippen molar-refractivity contribution in [3.05, 3.63) is 36.2 Å². The van der Waals surface area contributed by atoms with Crippen LogP contribution in [-0.4, -0.2) is 101 Å². The average molecular weight is 600 g/mol. The van der Waals surface area contributed by atoms with E-state index in [-0.39, 0.29) is 48.5 Å². The first-order chi connectivity index (χ1) is 20.9. The van der Waals surface area contributed by atoms with Crippen molar-refractivity contribution >= 4 is 28.8 Å². The summed E-state index contributed by atoms with van der Waals surface area (Å²) in [5.41, 5.74) is 0.943. The molecule has 3 fully saturated rings. The monoisotopic (exact) mass is 599 g/mol. The molecule has 230 valence electrons. The lowest BCUT2D eigenvalue weighted by atomic mass is 10.2. The van der Waals surface area contributed by atoms with E-state index in [1.807, 2.05) is 4.90 Å². The van der Waals surface area contributed by atoms with E-state index >= 15 is 0 Å². The molecule has 4 heterocycles. The number of hydrogen-bond donors (Lipinski definition) is 1. The second-order valence-corrected chi connectivity index (χ2v) is 10.9. The Morgan fingerprint density at radius 3 is 2.49 bits per heavy atom. The number of imidazole rings is 1. The van der Waals surface area contributed by atoms with Gasteiger partial charge in [0.1, 0.15) is 11.9 Å². The molecule has 2 saturated heterocycles. The van der Waals surface area contributed by atoms with Gasteiger partial charge in [-0.05, 0) is 25.0 Å². The first kappa shape index (κ1) is 29.2. The molecule has 1 aliphatic carbocycles. The van der Waals surface area contributed by atoms with Crippen molar-refractivity contribution < 1.29 is 32.6 Å². The molecule has 0 unspecified atom stereocenters. The molecule has 1 N–H and O–H groups in total. The summed E-state index contributed by atoms with van der Waals surface area (Å²) in [5.74, 6) is 0.247. The largest absolute Gasteiger partial charge is 0.474 e. The number of carbonyl (C=O) groups is 2. The SMILES string of the molecule is O=C(CCC(=O)N1CCOCC1)N[C@H]1CC[C@H](Oc2cc(-n3c(C(F)F)nc4ccccc43)nc(N3CCOCC3)n2)C1. The highest BCUT2D eigenvalue weighted by molar-refractivity contribution is 5.84. The molecule has 2 atom stereocenters. The van der Waals surface area contributed by atoms with Gasteiger partial charge in [0.2, 0.25) is 23.6 Å². The number of nitrogens with one attached hydrogen (secondary N) is 1. The number of anilines is 1. The van der Waals surface area contributed by atoms with Gasteiger partial charge in [-0.2, -0.15) is 9.97 Å². The Hall–Kier alpha value is -3.91. The summed E-state index contributed by atoms with van der Waals surface area (Å²) in [7, 11) is 0. The number of para-hydroxylation sites is 2. The molecule has 3 aromatic rings. The molecular weight excluding hydrogens is 564 g/mol. The van der Waals surface area contributed by atoms with Crippen LogP contribution in [0.15, 0.2) is 30.3 Å². The minimum atomic E-state index is -2.82. The predicted molar refractivity (Wildman–Crippen MR) is 151 cm³/mol. The molecule has 14 heteroatoms. The van der Waals surface area contributed by atoms with Crippen LogP contribution in [0.5, 0.6) is 5.88 Å². The highest BCUT2D eigenvalue weighted by Gasteiger charge is 2.30. The van der Waals surface area contributed by atoms with E-state index in [4.69, 9.17) is 14.2 Å². The van der Waals surface area contributed by atoms with E-state index < -0.39 is 12.2 Å². The van der Waals surface area contributed by atoms with Gasteiger partial charge in [-0.15, -0.1) is 0 Å². The number of carbonyl (C=O) groups excluding carboxylic acids is 2. The molecule has 0 radical (unpaired) electrons. The van der Waals surface area contributed by atoms with Crippen molar-refractivity contribution in [3.63, 3.8) is 0 Å². The van der Waals surface area contributed by atoms with Crippen molar-refractivity contribution in [2.45, 2.75) is 50.7 Å². The highest BCUT2D eigenvalue weighted by Crippen LogP contribution is 2.31. The van der Waals surface area contributed by atoms with Crippen LogP contribution < -0.4 is 15.0 Å². The number of rotatable bonds is 9. The van der Waals surface area contributed by atoms with Gasteiger partial charge in [0.05, 0.1) is 37.5 Å². The molecule has 43 heavy (non-hydrogen) atoms. The van der Waals surface area contributed by atoms with E-state index in [0.717, 1.165) is 0 Å². The highest BCUT2D eigenvalue weighted by atomic mass is 19.3. The minimum absolute atomic E-state index is 0.0395. The summed E-state index contributed by atoms with van der Waals surface area (Å²) >= 11 is 0. The Labute approximate surface area is 247 Å². The molecule has 1 aromatic carbocycles. The molecule has 0 bridgehead atoms. The van der Waals surface area contributed by atoms with Crippen LogP contribution in [0.3, 0.4) is 0 Å². The number of benzene rings is 1. The zero-order valence-electron chi connectivity index (χ0n) is 23.8. The van der Waals surface area contributed by atoms with Crippen LogP contribution in [0.2, 0.25) is 0 Å². The fraction of sp³-hybridized carbons (Fsp3) is 0.552. The van der Waals surface area contributed by atoms with Gasteiger partial charge >= 0.3 is 0 Å². The zero-order valence-corrected chi connectivity index (χ0v) is 23.8. The van der Waals surface area contributed by atoms with Gasteiger partial charge in [-0.1, -0.05) is 12.1 Å². The Balaban J connectivity index is 1.15. The summed E-state index contributed by atoms with van der Waals surface area (Å²) in [6, 6.07) is 8.39. The maximum absolute atomic E-state index is 14.1. The second kappa shape index (κ2) is 13.2. The fourth-order valence-electron chi connectivity index (χ4n) is 5.75. The summed E-state index contributed by atoms with van der Waals surface area (Å²) < 4.78 is 46.7. The Kier molecular flexibility index (Phi) is 8.93. The number of aromatic nitrogens is 4. The van der Waals surface area contributed by atoms with E-state index in [9.17, 15) is 18.4 Å².